The molecule has 0 unspecified atom stereocenters. The van der Waals surface area contributed by atoms with Gasteiger partial charge in [-0.3, -0.25) is 9.59 Å². The third-order valence-electron chi connectivity index (χ3n) is 5.49. The third kappa shape index (κ3) is 4.74. The van der Waals surface area contributed by atoms with E-state index < -0.39 is 21.5 Å². The smallest absolute Gasteiger partial charge is 0.251 e. The Morgan fingerprint density at radius 1 is 1.35 bits per heavy atom. The Kier molecular flexibility index (Phi) is 6.99. The summed E-state index contributed by atoms with van der Waals surface area (Å²) in [6.07, 6.45) is 3.91. The van der Waals surface area contributed by atoms with Gasteiger partial charge < -0.3 is 9.88 Å². The molecule has 31 heavy (non-hydrogen) atoms. The molecule has 1 N–H and O–H groups in total. The molecule has 10 heteroatoms. The number of pyridine rings is 1. The number of fused-ring (bicyclic) bond motifs is 1. The van der Waals surface area contributed by atoms with Gasteiger partial charge in [0.15, 0.2) is 0 Å². The summed E-state index contributed by atoms with van der Waals surface area (Å²) in [5.41, 5.74) is 1.02. The number of thiophene rings is 1. The van der Waals surface area contributed by atoms with E-state index in [0.29, 0.717) is 29.6 Å². The van der Waals surface area contributed by atoms with Crippen molar-refractivity contribution in [2.45, 2.75) is 51.5 Å². The van der Waals surface area contributed by atoms with E-state index in [1.165, 1.54) is 27.9 Å². The molecule has 2 aromatic heterocycles. The number of carbonyl (C=O) groups excluding carboxylic acids is 1. The van der Waals surface area contributed by atoms with Gasteiger partial charge in [-0.25, -0.2) is 8.42 Å². The molecule has 8 nitrogen and oxygen atoms in total. The van der Waals surface area contributed by atoms with Crippen LogP contribution in [0.2, 0.25) is 0 Å². The molecule has 0 radical (unpaired) electrons. The van der Waals surface area contributed by atoms with E-state index in [9.17, 15) is 23.3 Å². The Morgan fingerprint density at radius 2 is 2.06 bits per heavy atom. The number of nitrogens with one attached hydrogen (secondary N) is 1. The summed E-state index contributed by atoms with van der Waals surface area (Å²) in [5, 5.41) is 12.8. The van der Waals surface area contributed by atoms with Gasteiger partial charge >= 0.3 is 0 Å². The fourth-order valence-corrected chi connectivity index (χ4v) is 6.63. The highest BCUT2D eigenvalue weighted by Crippen LogP contribution is 2.39. The molecule has 0 aromatic carbocycles. The predicted molar refractivity (Wildman–Crippen MR) is 120 cm³/mol. The summed E-state index contributed by atoms with van der Waals surface area (Å²) in [6.45, 7) is 5.90. The van der Waals surface area contributed by atoms with Crippen molar-refractivity contribution in [1.29, 1.82) is 5.26 Å². The predicted octanol–water partition coefficient (Wildman–Crippen LogP) is 2.58. The molecule has 0 spiro atoms. The Morgan fingerprint density at radius 3 is 2.71 bits per heavy atom. The number of carbonyl (C=O) groups is 1. The number of hydrogen-bond donors (Lipinski definition) is 1. The molecule has 166 valence electrons. The van der Waals surface area contributed by atoms with Crippen LogP contribution in [0, 0.1) is 17.2 Å². The Bertz CT molecular complexity index is 1190. The Balaban J connectivity index is 1.84. The number of sulfonamides is 1. The molecule has 1 aliphatic carbocycles. The third-order valence-corrected chi connectivity index (χ3v) is 8.69. The van der Waals surface area contributed by atoms with Crippen molar-refractivity contribution in [3.63, 3.8) is 0 Å². The molecular weight excluding hydrogens is 436 g/mol. The highest BCUT2D eigenvalue weighted by Gasteiger charge is 2.25. The molecule has 1 aliphatic rings. The van der Waals surface area contributed by atoms with Crippen molar-refractivity contribution in [1.82, 2.24) is 8.87 Å². The molecular formula is C21H26N4O4S2. The van der Waals surface area contributed by atoms with Gasteiger partial charge in [-0.2, -0.15) is 9.57 Å². The first kappa shape index (κ1) is 23.2. The minimum absolute atomic E-state index is 0.0399. The molecule has 1 amide bonds. The highest BCUT2D eigenvalue weighted by molar-refractivity contribution is 7.89. The average Bonchev–Trinajstić information content (AvgIpc) is 3.05. The van der Waals surface area contributed by atoms with Crippen molar-refractivity contribution in [3.8, 4) is 6.07 Å². The summed E-state index contributed by atoms with van der Waals surface area (Å²) < 4.78 is 27.8. The number of hydrogen-bond acceptors (Lipinski definition) is 6. The van der Waals surface area contributed by atoms with E-state index >= 15 is 0 Å². The lowest BCUT2D eigenvalue weighted by Gasteiger charge is -2.19. The van der Waals surface area contributed by atoms with E-state index in [0.717, 1.165) is 40.3 Å². The maximum Gasteiger partial charge on any atom is 0.251 e. The van der Waals surface area contributed by atoms with E-state index in [-0.39, 0.29) is 11.4 Å². The molecule has 0 aliphatic heterocycles. The van der Waals surface area contributed by atoms with E-state index in [1.54, 1.807) is 13.8 Å². The summed E-state index contributed by atoms with van der Waals surface area (Å²) >= 11 is 1.41. The second-order valence-corrected chi connectivity index (χ2v) is 10.7. The number of nitriles is 1. The van der Waals surface area contributed by atoms with Crippen LogP contribution in [-0.2, 0) is 34.2 Å². The number of amides is 1. The zero-order valence-electron chi connectivity index (χ0n) is 17.8. The molecule has 1 atom stereocenters. The lowest BCUT2D eigenvalue weighted by molar-refractivity contribution is -0.116. The Hall–Kier alpha value is -2.48. The van der Waals surface area contributed by atoms with Crippen molar-refractivity contribution >= 4 is 32.3 Å². The van der Waals surface area contributed by atoms with Crippen molar-refractivity contribution < 1.29 is 13.2 Å². The number of anilines is 1. The zero-order chi connectivity index (χ0) is 22.8. The normalized spacial score (nSPS) is 16.0. The maximum absolute atomic E-state index is 12.7. The van der Waals surface area contributed by atoms with Crippen LogP contribution in [0.4, 0.5) is 5.00 Å². The van der Waals surface area contributed by atoms with Gasteiger partial charge in [-0.15, -0.1) is 11.3 Å². The first-order valence-corrected chi connectivity index (χ1v) is 12.5. The molecule has 3 rings (SSSR count). The van der Waals surface area contributed by atoms with Crippen molar-refractivity contribution in [2.75, 3.05) is 18.4 Å². The summed E-state index contributed by atoms with van der Waals surface area (Å²) in [7, 11) is -3.75. The topological polar surface area (TPSA) is 112 Å². The molecule has 0 saturated carbocycles. The average molecular weight is 463 g/mol. The molecule has 0 saturated heterocycles. The standard InChI is InChI=1S/C21H26N4O4S2/c1-4-25(5-2)31(28,29)15-7-9-20(27)24(12-15)13-19(26)23-21-17(11-22)16-8-6-14(3)10-18(16)30-21/h7,9,12,14H,4-6,8,10,13H2,1-3H3,(H,23,26)/t14-/m1/s1. The van der Waals surface area contributed by atoms with Crippen LogP contribution in [0.3, 0.4) is 0 Å². The summed E-state index contributed by atoms with van der Waals surface area (Å²) in [5.74, 6) is 0.0537. The number of nitrogens with zero attached hydrogens (tertiary/aromatic N) is 3. The quantitative estimate of drug-likeness (QED) is 0.680. The SMILES string of the molecule is CCN(CC)S(=O)(=O)c1ccc(=O)n(CC(=O)Nc2sc3c(c2C#N)CC[C@@H](C)C3)c1. The van der Waals surface area contributed by atoms with Gasteiger partial charge in [0.05, 0.1) is 10.5 Å². The monoisotopic (exact) mass is 462 g/mol. The van der Waals surface area contributed by atoms with Crippen molar-refractivity contribution in [3.05, 3.63) is 44.7 Å². The molecule has 0 fully saturated rings. The van der Waals surface area contributed by atoms with Gasteiger partial charge in [0.1, 0.15) is 17.6 Å². The van der Waals surface area contributed by atoms with Crippen LogP contribution in [-0.4, -0.2) is 36.3 Å². The second kappa shape index (κ2) is 9.34. The first-order chi connectivity index (χ1) is 14.7. The second-order valence-electron chi connectivity index (χ2n) is 7.64. The zero-order valence-corrected chi connectivity index (χ0v) is 19.5. The maximum atomic E-state index is 12.7. The first-order valence-electron chi connectivity index (χ1n) is 10.3. The van der Waals surface area contributed by atoms with Gasteiger partial charge in [-0.05, 0) is 36.8 Å². The van der Waals surface area contributed by atoms with Crippen LogP contribution in [0.15, 0.2) is 28.0 Å². The van der Waals surface area contributed by atoms with Crippen LogP contribution >= 0.6 is 11.3 Å². The van der Waals surface area contributed by atoms with Crippen molar-refractivity contribution in [2.24, 2.45) is 5.92 Å². The summed E-state index contributed by atoms with van der Waals surface area (Å²) in [6, 6.07) is 4.60. The number of aromatic nitrogens is 1. The van der Waals surface area contributed by atoms with E-state index in [4.69, 9.17) is 0 Å². The molecule has 0 bridgehead atoms. The fraction of sp³-hybridized carbons (Fsp3) is 0.476. The van der Waals surface area contributed by atoms with Crippen LogP contribution in [0.1, 0.15) is 43.2 Å². The van der Waals surface area contributed by atoms with Crippen LogP contribution in [0.5, 0.6) is 0 Å². The van der Waals surface area contributed by atoms with Gasteiger partial charge in [0.25, 0.3) is 5.56 Å². The van der Waals surface area contributed by atoms with E-state index in [2.05, 4.69) is 18.3 Å². The largest absolute Gasteiger partial charge is 0.315 e. The minimum Gasteiger partial charge on any atom is -0.315 e. The van der Waals surface area contributed by atoms with Gasteiger partial charge in [0, 0.05) is 30.2 Å². The van der Waals surface area contributed by atoms with Gasteiger partial charge in [-0.1, -0.05) is 20.8 Å². The minimum atomic E-state index is -3.75. The fourth-order valence-electron chi connectivity index (χ4n) is 3.78. The highest BCUT2D eigenvalue weighted by atomic mass is 32.2. The van der Waals surface area contributed by atoms with Gasteiger partial charge in [0.2, 0.25) is 15.9 Å². The van der Waals surface area contributed by atoms with E-state index in [1.807, 2.05) is 0 Å². The number of rotatable bonds is 7. The lowest BCUT2D eigenvalue weighted by Crippen LogP contribution is -2.33. The van der Waals surface area contributed by atoms with Crippen LogP contribution < -0.4 is 10.9 Å². The van der Waals surface area contributed by atoms with Crippen LogP contribution in [0.25, 0.3) is 0 Å². The molecule has 2 aromatic rings. The summed E-state index contributed by atoms with van der Waals surface area (Å²) in [4.78, 5) is 26.0. The Labute approximate surface area is 186 Å². The molecule has 2 heterocycles. The lowest BCUT2D eigenvalue weighted by atomic mass is 9.89.